The van der Waals surface area contributed by atoms with Gasteiger partial charge in [0.15, 0.2) is 0 Å². The Kier molecular flexibility index (Phi) is 7.18. The molecule has 0 unspecified atom stereocenters. The Morgan fingerprint density at radius 1 is 0.870 bits per heavy atom. The van der Waals surface area contributed by atoms with Crippen LogP contribution in [0.1, 0.15) is 38.5 Å². The van der Waals surface area contributed by atoms with Gasteiger partial charge in [-0.1, -0.05) is 12.8 Å². The maximum Gasteiger partial charge on any atom is 0.238 e. The molecule has 2 saturated heterocycles. The predicted octanol–water partition coefficient (Wildman–Crippen LogP) is 3.52. The van der Waals surface area contributed by atoms with Crippen LogP contribution in [0.3, 0.4) is 0 Å². The molecule has 128 valence electrons. The molecule has 1 aromatic carbocycles. The van der Waals surface area contributed by atoms with Crippen LogP contribution in [0.15, 0.2) is 24.3 Å². The lowest BCUT2D eigenvalue weighted by molar-refractivity contribution is -0.117. The van der Waals surface area contributed by atoms with Gasteiger partial charge in [0, 0.05) is 24.5 Å². The summed E-state index contributed by atoms with van der Waals surface area (Å²) in [5, 5.41) is 3.01. The highest BCUT2D eigenvalue weighted by atomic mass is 35.5. The van der Waals surface area contributed by atoms with Gasteiger partial charge in [-0.05, 0) is 63.0 Å². The van der Waals surface area contributed by atoms with Crippen molar-refractivity contribution in [2.45, 2.75) is 38.5 Å². The molecule has 1 N–H and O–H groups in total. The molecule has 1 aromatic rings. The zero-order valence-corrected chi connectivity index (χ0v) is 14.6. The van der Waals surface area contributed by atoms with E-state index in [1.54, 1.807) is 0 Å². The molecule has 0 aliphatic carbocycles. The van der Waals surface area contributed by atoms with Gasteiger partial charge >= 0.3 is 0 Å². The van der Waals surface area contributed by atoms with Gasteiger partial charge in [0.1, 0.15) is 0 Å². The van der Waals surface area contributed by atoms with Crippen molar-refractivity contribution in [3.8, 4) is 0 Å². The third kappa shape index (κ3) is 5.40. The molecule has 0 aromatic heterocycles. The minimum Gasteiger partial charge on any atom is -0.372 e. The van der Waals surface area contributed by atoms with E-state index >= 15 is 0 Å². The standard InChI is InChI=1S/C18H27N3O.ClH/c22-18(15-20-11-5-6-12-20)19-16-7-9-17(10-8-16)21-13-3-1-2-4-14-21;/h7-10H,1-6,11-15H2,(H,19,22);1H. The van der Waals surface area contributed by atoms with Gasteiger partial charge in [-0.15, -0.1) is 12.4 Å². The molecule has 1 amide bonds. The zero-order valence-electron chi connectivity index (χ0n) is 13.8. The average molecular weight is 338 g/mol. The number of carbonyl (C=O) groups excluding carboxylic acids is 1. The summed E-state index contributed by atoms with van der Waals surface area (Å²) in [4.78, 5) is 16.7. The van der Waals surface area contributed by atoms with Crippen LogP contribution < -0.4 is 10.2 Å². The number of nitrogens with zero attached hydrogens (tertiary/aromatic N) is 2. The van der Waals surface area contributed by atoms with Crippen LogP contribution in [0, 0.1) is 0 Å². The number of anilines is 2. The number of amides is 1. The van der Waals surface area contributed by atoms with Crippen LogP contribution in [0.25, 0.3) is 0 Å². The molecule has 0 spiro atoms. The number of carbonyl (C=O) groups is 1. The molecule has 4 nitrogen and oxygen atoms in total. The van der Waals surface area contributed by atoms with Crippen molar-refractivity contribution in [1.29, 1.82) is 0 Å². The summed E-state index contributed by atoms with van der Waals surface area (Å²) in [6.07, 6.45) is 7.71. The van der Waals surface area contributed by atoms with Crippen molar-refractivity contribution in [1.82, 2.24) is 4.90 Å². The Hall–Kier alpha value is -1.26. The zero-order chi connectivity index (χ0) is 15.2. The van der Waals surface area contributed by atoms with Crippen LogP contribution in [0.5, 0.6) is 0 Å². The van der Waals surface area contributed by atoms with Crippen molar-refractivity contribution in [2.24, 2.45) is 0 Å². The molecular formula is C18H28ClN3O. The van der Waals surface area contributed by atoms with Gasteiger partial charge in [0.25, 0.3) is 0 Å². The molecule has 2 aliphatic heterocycles. The summed E-state index contributed by atoms with van der Waals surface area (Å²) in [6, 6.07) is 8.33. The van der Waals surface area contributed by atoms with Gasteiger partial charge in [0.05, 0.1) is 6.54 Å². The van der Waals surface area contributed by atoms with Crippen molar-refractivity contribution < 1.29 is 4.79 Å². The van der Waals surface area contributed by atoms with E-state index in [-0.39, 0.29) is 18.3 Å². The summed E-state index contributed by atoms with van der Waals surface area (Å²) >= 11 is 0. The lowest BCUT2D eigenvalue weighted by Crippen LogP contribution is -2.30. The number of hydrogen-bond donors (Lipinski definition) is 1. The molecule has 23 heavy (non-hydrogen) atoms. The quantitative estimate of drug-likeness (QED) is 0.913. The maximum absolute atomic E-state index is 12.0. The van der Waals surface area contributed by atoms with Crippen LogP contribution >= 0.6 is 12.4 Å². The molecule has 0 radical (unpaired) electrons. The van der Waals surface area contributed by atoms with E-state index in [1.807, 2.05) is 12.1 Å². The molecule has 2 heterocycles. The number of hydrogen-bond acceptors (Lipinski definition) is 3. The highest BCUT2D eigenvalue weighted by Crippen LogP contribution is 2.21. The lowest BCUT2D eigenvalue weighted by atomic mass is 10.2. The number of benzene rings is 1. The molecule has 5 heteroatoms. The van der Waals surface area contributed by atoms with Gasteiger partial charge in [-0.2, -0.15) is 0 Å². The number of halogens is 1. The monoisotopic (exact) mass is 337 g/mol. The first kappa shape index (κ1) is 18.1. The second-order valence-corrected chi connectivity index (χ2v) is 6.48. The summed E-state index contributed by atoms with van der Waals surface area (Å²) in [7, 11) is 0. The molecule has 2 aliphatic rings. The molecule has 0 saturated carbocycles. The van der Waals surface area contributed by atoms with E-state index in [4.69, 9.17) is 0 Å². The van der Waals surface area contributed by atoms with Crippen LogP contribution in [0.4, 0.5) is 11.4 Å². The summed E-state index contributed by atoms with van der Waals surface area (Å²) in [5.41, 5.74) is 2.18. The van der Waals surface area contributed by atoms with Crippen LogP contribution in [-0.4, -0.2) is 43.5 Å². The first-order chi connectivity index (χ1) is 10.8. The van der Waals surface area contributed by atoms with Crippen molar-refractivity contribution in [3.05, 3.63) is 24.3 Å². The first-order valence-corrected chi connectivity index (χ1v) is 8.68. The molecule has 0 bridgehead atoms. The third-order valence-electron chi connectivity index (χ3n) is 4.69. The van der Waals surface area contributed by atoms with Gasteiger partial charge < -0.3 is 10.2 Å². The van der Waals surface area contributed by atoms with E-state index in [2.05, 4.69) is 27.2 Å². The minimum atomic E-state index is 0. The van der Waals surface area contributed by atoms with E-state index in [0.29, 0.717) is 6.54 Å². The maximum atomic E-state index is 12.0. The average Bonchev–Trinajstić information content (AvgIpc) is 2.87. The van der Waals surface area contributed by atoms with Crippen LogP contribution in [0.2, 0.25) is 0 Å². The molecule has 3 rings (SSSR count). The largest absolute Gasteiger partial charge is 0.372 e. The molecular weight excluding hydrogens is 310 g/mol. The van der Waals surface area contributed by atoms with Gasteiger partial charge in [-0.3, -0.25) is 9.69 Å². The van der Waals surface area contributed by atoms with Crippen molar-refractivity contribution >= 4 is 29.7 Å². The number of nitrogens with one attached hydrogen (secondary N) is 1. The molecule has 2 fully saturated rings. The van der Waals surface area contributed by atoms with Crippen LogP contribution in [-0.2, 0) is 4.79 Å². The van der Waals surface area contributed by atoms with Crippen molar-refractivity contribution in [3.63, 3.8) is 0 Å². The van der Waals surface area contributed by atoms with E-state index in [1.165, 1.54) is 44.2 Å². The summed E-state index contributed by atoms with van der Waals surface area (Å²) in [5.74, 6) is 0.101. The fourth-order valence-electron chi connectivity index (χ4n) is 3.43. The molecule has 0 atom stereocenters. The smallest absolute Gasteiger partial charge is 0.238 e. The fourth-order valence-corrected chi connectivity index (χ4v) is 3.43. The Morgan fingerprint density at radius 2 is 1.43 bits per heavy atom. The van der Waals surface area contributed by atoms with Gasteiger partial charge in [-0.25, -0.2) is 0 Å². The Balaban J connectivity index is 0.00000192. The number of likely N-dealkylation sites (tertiary alicyclic amines) is 1. The SMILES string of the molecule is Cl.O=C(CN1CCCC1)Nc1ccc(N2CCCCCC2)cc1. The normalized spacial score (nSPS) is 19.0. The topological polar surface area (TPSA) is 35.6 Å². The highest BCUT2D eigenvalue weighted by molar-refractivity contribution is 5.92. The van der Waals surface area contributed by atoms with E-state index in [0.717, 1.165) is 31.9 Å². The second kappa shape index (κ2) is 9.14. The van der Waals surface area contributed by atoms with E-state index in [9.17, 15) is 4.79 Å². The second-order valence-electron chi connectivity index (χ2n) is 6.48. The highest BCUT2D eigenvalue weighted by Gasteiger charge is 2.15. The van der Waals surface area contributed by atoms with E-state index < -0.39 is 0 Å². The Bertz CT molecular complexity index is 478. The third-order valence-corrected chi connectivity index (χ3v) is 4.69. The van der Waals surface area contributed by atoms with Crippen molar-refractivity contribution in [2.75, 3.05) is 42.9 Å². The lowest BCUT2D eigenvalue weighted by Gasteiger charge is -2.23. The fraction of sp³-hybridized carbons (Fsp3) is 0.611. The summed E-state index contributed by atoms with van der Waals surface area (Å²) < 4.78 is 0. The Morgan fingerprint density at radius 3 is 2.04 bits per heavy atom. The summed E-state index contributed by atoms with van der Waals surface area (Å²) in [6.45, 7) is 4.94. The Labute approximate surface area is 145 Å². The first-order valence-electron chi connectivity index (χ1n) is 8.68. The predicted molar refractivity (Wildman–Crippen MR) is 98.7 cm³/mol. The minimum absolute atomic E-state index is 0. The number of rotatable bonds is 4. The van der Waals surface area contributed by atoms with Gasteiger partial charge in [0.2, 0.25) is 5.91 Å².